The van der Waals surface area contributed by atoms with Crippen LogP contribution < -0.4 is 5.32 Å². The van der Waals surface area contributed by atoms with Crippen LogP contribution in [0.4, 0.5) is 0 Å². The van der Waals surface area contributed by atoms with E-state index in [0.717, 1.165) is 17.4 Å². The van der Waals surface area contributed by atoms with Gasteiger partial charge in [-0.05, 0) is 37.5 Å². The van der Waals surface area contributed by atoms with Gasteiger partial charge in [0.05, 0.1) is 0 Å². The molecule has 2 N–H and O–H groups in total. The molecule has 0 radical (unpaired) electrons. The predicted octanol–water partition coefficient (Wildman–Crippen LogP) is 2.62. The van der Waals surface area contributed by atoms with Crippen LogP contribution in [0.25, 0.3) is 0 Å². The summed E-state index contributed by atoms with van der Waals surface area (Å²) in [6.45, 7) is 5.27. The maximum absolute atomic E-state index is 8.77. The first-order valence-corrected chi connectivity index (χ1v) is 6.02. The normalized spacial score (nSPS) is 12.8. The number of aliphatic hydroxyl groups is 1. The molecule has 0 aliphatic heterocycles. The Labute approximate surface area is 99.8 Å². The molecule has 0 aliphatic carbocycles. The van der Waals surface area contributed by atoms with Crippen molar-refractivity contribution >= 4 is 15.9 Å². The molecule has 0 amide bonds. The summed E-state index contributed by atoms with van der Waals surface area (Å²) in [5.41, 5.74) is 2.53. The van der Waals surface area contributed by atoms with Gasteiger partial charge in [-0.15, -0.1) is 0 Å². The Bertz CT molecular complexity index is 314. The van der Waals surface area contributed by atoms with E-state index in [0.29, 0.717) is 6.04 Å². The lowest BCUT2D eigenvalue weighted by molar-refractivity contribution is 0.268. The summed E-state index contributed by atoms with van der Waals surface area (Å²) in [4.78, 5) is 0. The summed E-state index contributed by atoms with van der Waals surface area (Å²) in [5.74, 6) is 0. The number of halogens is 1. The van der Waals surface area contributed by atoms with Gasteiger partial charge in [-0.3, -0.25) is 0 Å². The Kier molecular flexibility index (Phi) is 5.29. The van der Waals surface area contributed by atoms with Gasteiger partial charge in [0.2, 0.25) is 0 Å². The van der Waals surface area contributed by atoms with Crippen molar-refractivity contribution in [3.8, 4) is 0 Å². The molecule has 0 bridgehead atoms. The third-order valence-electron chi connectivity index (χ3n) is 2.44. The predicted molar refractivity (Wildman–Crippen MR) is 66.9 cm³/mol. The number of aliphatic hydroxyl groups excluding tert-OH is 1. The Balaban J connectivity index is 2.47. The third kappa shape index (κ3) is 4.33. The van der Waals surface area contributed by atoms with E-state index >= 15 is 0 Å². The number of nitrogens with one attached hydrogen (secondary N) is 1. The van der Waals surface area contributed by atoms with Gasteiger partial charge in [0.15, 0.2) is 0 Å². The van der Waals surface area contributed by atoms with Crippen molar-refractivity contribution < 1.29 is 5.11 Å². The lowest BCUT2D eigenvalue weighted by Gasteiger charge is -2.12. The Morgan fingerprint density at radius 3 is 2.80 bits per heavy atom. The number of hydrogen-bond acceptors (Lipinski definition) is 2. The maximum Gasteiger partial charge on any atom is 0.0445 e. The second kappa shape index (κ2) is 6.26. The molecule has 1 aromatic rings. The fraction of sp³-hybridized carbons (Fsp3) is 0.500. The van der Waals surface area contributed by atoms with Gasteiger partial charge >= 0.3 is 0 Å². The van der Waals surface area contributed by atoms with Crippen molar-refractivity contribution in [2.75, 3.05) is 6.61 Å². The Morgan fingerprint density at radius 2 is 2.20 bits per heavy atom. The van der Waals surface area contributed by atoms with E-state index in [1.807, 2.05) is 0 Å². The van der Waals surface area contributed by atoms with E-state index in [2.05, 4.69) is 53.3 Å². The highest BCUT2D eigenvalue weighted by atomic mass is 79.9. The third-order valence-corrected chi connectivity index (χ3v) is 3.33. The molecule has 1 aromatic carbocycles. The van der Waals surface area contributed by atoms with Crippen LogP contribution in [0.3, 0.4) is 0 Å². The van der Waals surface area contributed by atoms with Gasteiger partial charge in [-0.1, -0.05) is 28.1 Å². The first kappa shape index (κ1) is 12.7. The quantitative estimate of drug-likeness (QED) is 0.863. The van der Waals surface area contributed by atoms with Gasteiger partial charge in [-0.2, -0.15) is 0 Å². The minimum atomic E-state index is 0.244. The molecule has 1 atom stereocenters. The zero-order valence-corrected chi connectivity index (χ0v) is 10.8. The molecule has 3 heteroatoms. The Hall–Kier alpha value is -0.380. The van der Waals surface area contributed by atoms with Crippen LogP contribution in [0.2, 0.25) is 0 Å². The topological polar surface area (TPSA) is 32.3 Å². The van der Waals surface area contributed by atoms with Gasteiger partial charge in [0.1, 0.15) is 0 Å². The first-order valence-electron chi connectivity index (χ1n) is 5.22. The number of aryl methyl sites for hydroxylation is 1. The summed E-state index contributed by atoms with van der Waals surface area (Å²) < 4.78 is 1.15. The van der Waals surface area contributed by atoms with Crippen LogP contribution >= 0.6 is 15.9 Å². The smallest absolute Gasteiger partial charge is 0.0445 e. The summed E-state index contributed by atoms with van der Waals surface area (Å²) in [5, 5.41) is 12.1. The van der Waals surface area contributed by atoms with E-state index < -0.39 is 0 Å². The van der Waals surface area contributed by atoms with Crippen LogP contribution in [0, 0.1) is 6.92 Å². The molecule has 0 aliphatic rings. The Morgan fingerprint density at radius 1 is 1.47 bits per heavy atom. The zero-order chi connectivity index (χ0) is 11.3. The largest absolute Gasteiger partial charge is 0.396 e. The number of rotatable bonds is 5. The van der Waals surface area contributed by atoms with E-state index in [-0.39, 0.29) is 6.61 Å². The van der Waals surface area contributed by atoms with Crippen LogP contribution in [0.1, 0.15) is 24.5 Å². The minimum absolute atomic E-state index is 0.244. The van der Waals surface area contributed by atoms with E-state index in [9.17, 15) is 0 Å². The van der Waals surface area contributed by atoms with Crippen molar-refractivity contribution in [3.63, 3.8) is 0 Å². The van der Waals surface area contributed by atoms with Gasteiger partial charge in [-0.25, -0.2) is 0 Å². The van der Waals surface area contributed by atoms with Crippen molar-refractivity contribution in [2.24, 2.45) is 0 Å². The molecule has 0 saturated carbocycles. The lowest BCUT2D eigenvalue weighted by Crippen LogP contribution is -2.26. The van der Waals surface area contributed by atoms with Crippen molar-refractivity contribution in [1.82, 2.24) is 5.32 Å². The highest BCUT2D eigenvalue weighted by Crippen LogP contribution is 2.16. The highest BCUT2D eigenvalue weighted by molar-refractivity contribution is 9.10. The highest BCUT2D eigenvalue weighted by Gasteiger charge is 2.01. The van der Waals surface area contributed by atoms with Gasteiger partial charge < -0.3 is 10.4 Å². The first-order chi connectivity index (χ1) is 7.13. The van der Waals surface area contributed by atoms with E-state index in [1.54, 1.807) is 0 Å². The summed E-state index contributed by atoms with van der Waals surface area (Å²) >= 11 is 3.48. The molecule has 1 rings (SSSR count). The SMILES string of the molecule is Cc1cc(CNC(C)CCO)ccc1Br. The van der Waals surface area contributed by atoms with Crippen molar-refractivity contribution in [2.45, 2.75) is 32.9 Å². The molecule has 0 fully saturated rings. The number of benzene rings is 1. The maximum atomic E-state index is 8.77. The second-order valence-electron chi connectivity index (χ2n) is 3.88. The van der Waals surface area contributed by atoms with Crippen LogP contribution in [0.5, 0.6) is 0 Å². The molecule has 0 spiro atoms. The number of hydrogen-bond donors (Lipinski definition) is 2. The average Bonchev–Trinajstić information content (AvgIpc) is 2.20. The van der Waals surface area contributed by atoms with Gasteiger partial charge in [0.25, 0.3) is 0 Å². The van der Waals surface area contributed by atoms with Crippen LogP contribution in [-0.4, -0.2) is 17.8 Å². The summed E-state index contributed by atoms with van der Waals surface area (Å²) in [6, 6.07) is 6.71. The molecule has 0 saturated heterocycles. The minimum Gasteiger partial charge on any atom is -0.396 e. The van der Waals surface area contributed by atoms with Crippen molar-refractivity contribution in [3.05, 3.63) is 33.8 Å². The van der Waals surface area contributed by atoms with E-state index in [1.165, 1.54) is 11.1 Å². The summed E-state index contributed by atoms with van der Waals surface area (Å²) in [7, 11) is 0. The molecule has 15 heavy (non-hydrogen) atoms. The second-order valence-corrected chi connectivity index (χ2v) is 4.73. The van der Waals surface area contributed by atoms with Crippen molar-refractivity contribution in [1.29, 1.82) is 0 Å². The summed E-state index contributed by atoms with van der Waals surface area (Å²) in [6.07, 6.45) is 0.801. The monoisotopic (exact) mass is 271 g/mol. The fourth-order valence-corrected chi connectivity index (χ4v) is 1.65. The van der Waals surface area contributed by atoms with Crippen LogP contribution in [0.15, 0.2) is 22.7 Å². The van der Waals surface area contributed by atoms with E-state index in [4.69, 9.17) is 5.11 Å². The van der Waals surface area contributed by atoms with Crippen LogP contribution in [-0.2, 0) is 6.54 Å². The molecule has 84 valence electrons. The molecule has 1 unspecified atom stereocenters. The molecule has 0 heterocycles. The standard InChI is InChI=1S/C12H18BrNO/c1-9-7-11(3-4-12(9)13)8-14-10(2)5-6-15/h3-4,7,10,14-15H,5-6,8H2,1-2H3. The molecular weight excluding hydrogens is 254 g/mol. The average molecular weight is 272 g/mol. The molecule has 2 nitrogen and oxygen atoms in total. The molecular formula is C12H18BrNO. The lowest BCUT2D eigenvalue weighted by atomic mass is 10.1. The fourth-order valence-electron chi connectivity index (χ4n) is 1.40. The van der Waals surface area contributed by atoms with Gasteiger partial charge in [0, 0.05) is 23.7 Å². The zero-order valence-electron chi connectivity index (χ0n) is 9.26. The molecule has 0 aromatic heterocycles.